The van der Waals surface area contributed by atoms with Crippen LogP contribution in [-0.4, -0.2) is 16.1 Å². The molecule has 0 unspecified atom stereocenters. The molecule has 1 N–H and O–H groups in total. The van der Waals surface area contributed by atoms with Gasteiger partial charge >= 0.3 is 0 Å². The van der Waals surface area contributed by atoms with E-state index in [-0.39, 0.29) is 0 Å². The van der Waals surface area contributed by atoms with Crippen LogP contribution in [0.5, 0.6) is 0 Å². The summed E-state index contributed by atoms with van der Waals surface area (Å²) in [6.07, 6.45) is 5.07. The number of nitrogens with one attached hydrogen (secondary N) is 1. The molecule has 96 valence electrons. The van der Waals surface area contributed by atoms with Crippen molar-refractivity contribution >= 4 is 15.9 Å². The van der Waals surface area contributed by atoms with Crippen LogP contribution in [0.3, 0.4) is 0 Å². The first-order valence-electron chi connectivity index (χ1n) is 6.21. The third-order valence-electron chi connectivity index (χ3n) is 2.75. The van der Waals surface area contributed by atoms with E-state index in [1.165, 1.54) is 5.56 Å². The number of nitrogens with zero attached hydrogens (tertiary/aromatic N) is 2. The average molecular weight is 308 g/mol. The van der Waals surface area contributed by atoms with Crippen molar-refractivity contribution in [3.8, 4) is 5.69 Å². The molecule has 4 heteroatoms. The lowest BCUT2D eigenvalue weighted by Gasteiger charge is -2.05. The van der Waals surface area contributed by atoms with E-state index in [0.717, 1.165) is 35.4 Å². The Labute approximate surface area is 116 Å². The van der Waals surface area contributed by atoms with E-state index in [1.54, 1.807) is 0 Å². The van der Waals surface area contributed by atoms with E-state index in [2.05, 4.69) is 64.5 Å². The summed E-state index contributed by atoms with van der Waals surface area (Å²) in [4.78, 5) is 4.41. The van der Waals surface area contributed by atoms with Crippen LogP contribution in [-0.2, 0) is 6.54 Å². The fourth-order valence-electron chi connectivity index (χ4n) is 1.80. The van der Waals surface area contributed by atoms with Crippen molar-refractivity contribution in [2.75, 3.05) is 6.54 Å². The summed E-state index contributed by atoms with van der Waals surface area (Å²) in [5.41, 5.74) is 3.43. The van der Waals surface area contributed by atoms with Gasteiger partial charge in [0.25, 0.3) is 0 Å². The van der Waals surface area contributed by atoms with Crippen molar-refractivity contribution in [3.05, 3.63) is 46.5 Å². The molecule has 0 radical (unpaired) electrons. The maximum atomic E-state index is 4.41. The molecular formula is C14H18BrN3. The monoisotopic (exact) mass is 307 g/mol. The predicted molar refractivity (Wildman–Crippen MR) is 78.0 cm³/mol. The van der Waals surface area contributed by atoms with E-state index >= 15 is 0 Å². The summed E-state index contributed by atoms with van der Waals surface area (Å²) in [7, 11) is 0. The summed E-state index contributed by atoms with van der Waals surface area (Å²) < 4.78 is 3.14. The Bertz CT molecular complexity index is 520. The molecule has 0 amide bonds. The second-order valence-electron chi connectivity index (χ2n) is 4.40. The van der Waals surface area contributed by atoms with Gasteiger partial charge in [0.05, 0.1) is 17.7 Å². The van der Waals surface area contributed by atoms with Gasteiger partial charge in [0.15, 0.2) is 0 Å². The smallest absolute Gasteiger partial charge is 0.0996 e. The van der Waals surface area contributed by atoms with Gasteiger partial charge in [0.1, 0.15) is 0 Å². The van der Waals surface area contributed by atoms with E-state index in [1.807, 2.05) is 10.9 Å². The third kappa shape index (κ3) is 3.21. The van der Waals surface area contributed by atoms with E-state index in [0.29, 0.717) is 0 Å². The molecule has 0 bridgehead atoms. The number of aromatic nitrogens is 2. The quantitative estimate of drug-likeness (QED) is 0.858. The summed E-state index contributed by atoms with van der Waals surface area (Å²) in [5, 5.41) is 3.35. The van der Waals surface area contributed by atoms with Gasteiger partial charge in [0.2, 0.25) is 0 Å². The summed E-state index contributed by atoms with van der Waals surface area (Å²) in [5.74, 6) is 0. The zero-order chi connectivity index (χ0) is 13.0. The van der Waals surface area contributed by atoms with Crippen molar-refractivity contribution in [1.82, 2.24) is 14.9 Å². The third-order valence-corrected chi connectivity index (χ3v) is 3.39. The number of imidazole rings is 1. The normalized spacial score (nSPS) is 10.8. The minimum absolute atomic E-state index is 0.824. The number of rotatable bonds is 5. The Morgan fingerprint density at radius 2 is 2.22 bits per heavy atom. The standard InChI is InChI=1S/C14H18BrN3/c1-3-6-16-8-12-9-18(10-17-12)14-5-4-11(2)7-13(14)15/h4-5,7,9-10,16H,3,6,8H2,1-2H3. The molecule has 1 aromatic heterocycles. The van der Waals surface area contributed by atoms with Crippen LogP contribution >= 0.6 is 15.9 Å². The molecule has 2 aromatic rings. The Balaban J connectivity index is 2.13. The Morgan fingerprint density at radius 1 is 1.39 bits per heavy atom. The molecule has 1 heterocycles. The van der Waals surface area contributed by atoms with Crippen LogP contribution in [0.25, 0.3) is 5.69 Å². The zero-order valence-electron chi connectivity index (χ0n) is 10.8. The number of benzene rings is 1. The highest BCUT2D eigenvalue weighted by Gasteiger charge is 2.04. The summed E-state index contributed by atoms with van der Waals surface area (Å²) in [6, 6.07) is 6.32. The highest BCUT2D eigenvalue weighted by atomic mass is 79.9. The van der Waals surface area contributed by atoms with Crippen molar-refractivity contribution in [1.29, 1.82) is 0 Å². The minimum atomic E-state index is 0.824. The maximum absolute atomic E-state index is 4.41. The SMILES string of the molecule is CCCNCc1cn(-c2ccc(C)cc2Br)cn1. The van der Waals surface area contributed by atoms with Gasteiger partial charge in [-0.25, -0.2) is 4.98 Å². The van der Waals surface area contributed by atoms with Gasteiger partial charge in [-0.05, 0) is 53.5 Å². The van der Waals surface area contributed by atoms with Gasteiger partial charge in [-0.3, -0.25) is 0 Å². The molecule has 0 atom stereocenters. The lowest BCUT2D eigenvalue weighted by Crippen LogP contribution is -2.13. The van der Waals surface area contributed by atoms with Gasteiger partial charge in [-0.15, -0.1) is 0 Å². The zero-order valence-corrected chi connectivity index (χ0v) is 12.4. The number of hydrogen-bond donors (Lipinski definition) is 1. The first-order chi connectivity index (χ1) is 8.70. The molecule has 18 heavy (non-hydrogen) atoms. The highest BCUT2D eigenvalue weighted by molar-refractivity contribution is 9.10. The molecule has 2 rings (SSSR count). The first-order valence-corrected chi connectivity index (χ1v) is 7.00. The lowest BCUT2D eigenvalue weighted by atomic mass is 10.2. The van der Waals surface area contributed by atoms with Gasteiger partial charge in [0, 0.05) is 17.2 Å². The lowest BCUT2D eigenvalue weighted by molar-refractivity contribution is 0.666. The van der Waals surface area contributed by atoms with Gasteiger partial charge in [-0.2, -0.15) is 0 Å². The second-order valence-corrected chi connectivity index (χ2v) is 5.26. The topological polar surface area (TPSA) is 29.9 Å². The molecule has 0 aliphatic carbocycles. The molecular weight excluding hydrogens is 290 g/mol. The van der Waals surface area contributed by atoms with E-state index < -0.39 is 0 Å². The molecule has 3 nitrogen and oxygen atoms in total. The Morgan fingerprint density at radius 3 is 2.94 bits per heavy atom. The molecule has 0 aliphatic rings. The van der Waals surface area contributed by atoms with Crippen molar-refractivity contribution in [2.24, 2.45) is 0 Å². The highest BCUT2D eigenvalue weighted by Crippen LogP contribution is 2.22. The van der Waals surface area contributed by atoms with Crippen LogP contribution in [0.4, 0.5) is 0 Å². The first kappa shape index (κ1) is 13.3. The number of halogens is 1. The second kappa shape index (κ2) is 6.16. The van der Waals surface area contributed by atoms with Crippen LogP contribution < -0.4 is 5.32 Å². The van der Waals surface area contributed by atoms with E-state index in [9.17, 15) is 0 Å². The van der Waals surface area contributed by atoms with Crippen LogP contribution in [0.15, 0.2) is 35.2 Å². The Hall–Kier alpha value is -1.13. The minimum Gasteiger partial charge on any atom is -0.311 e. The molecule has 0 saturated carbocycles. The van der Waals surface area contributed by atoms with E-state index in [4.69, 9.17) is 0 Å². The number of hydrogen-bond acceptors (Lipinski definition) is 2. The fraction of sp³-hybridized carbons (Fsp3) is 0.357. The summed E-state index contributed by atoms with van der Waals surface area (Å²) >= 11 is 3.59. The largest absolute Gasteiger partial charge is 0.311 e. The predicted octanol–water partition coefficient (Wildman–Crippen LogP) is 3.44. The van der Waals surface area contributed by atoms with Gasteiger partial charge < -0.3 is 9.88 Å². The van der Waals surface area contributed by atoms with Crippen molar-refractivity contribution in [3.63, 3.8) is 0 Å². The Kier molecular flexibility index (Phi) is 4.55. The summed E-state index contributed by atoms with van der Waals surface area (Å²) in [6.45, 7) is 6.10. The molecule has 0 fully saturated rings. The van der Waals surface area contributed by atoms with Crippen molar-refractivity contribution < 1.29 is 0 Å². The molecule has 1 aromatic carbocycles. The van der Waals surface area contributed by atoms with Crippen LogP contribution in [0.2, 0.25) is 0 Å². The average Bonchev–Trinajstić information content (AvgIpc) is 2.78. The van der Waals surface area contributed by atoms with Crippen LogP contribution in [0.1, 0.15) is 24.6 Å². The maximum Gasteiger partial charge on any atom is 0.0996 e. The molecule has 0 aliphatic heterocycles. The number of aryl methyl sites for hydroxylation is 1. The molecule has 0 spiro atoms. The van der Waals surface area contributed by atoms with Gasteiger partial charge in [-0.1, -0.05) is 13.0 Å². The van der Waals surface area contributed by atoms with Crippen molar-refractivity contribution in [2.45, 2.75) is 26.8 Å². The van der Waals surface area contributed by atoms with Crippen LogP contribution in [0, 0.1) is 6.92 Å². The molecule has 0 saturated heterocycles. The fourth-order valence-corrected chi connectivity index (χ4v) is 2.50.